The summed E-state index contributed by atoms with van der Waals surface area (Å²) >= 11 is 7.35. The first kappa shape index (κ1) is 16.8. The highest BCUT2D eigenvalue weighted by Crippen LogP contribution is 2.39. The van der Waals surface area contributed by atoms with Gasteiger partial charge < -0.3 is 11.1 Å². The molecule has 1 heterocycles. The van der Waals surface area contributed by atoms with E-state index in [4.69, 9.17) is 17.3 Å². The molecule has 0 saturated heterocycles. The van der Waals surface area contributed by atoms with E-state index in [0.29, 0.717) is 16.8 Å². The maximum atomic E-state index is 12.3. The summed E-state index contributed by atoms with van der Waals surface area (Å²) in [4.78, 5) is 13.2. The summed E-state index contributed by atoms with van der Waals surface area (Å²) in [5, 5.41) is 3.11. The van der Waals surface area contributed by atoms with Crippen molar-refractivity contribution < 1.29 is 4.79 Å². The fourth-order valence-electron chi connectivity index (χ4n) is 2.12. The van der Waals surface area contributed by atoms with Crippen LogP contribution in [0.2, 0.25) is 4.34 Å². The Labute approximate surface area is 129 Å². The minimum Gasteiger partial charge on any atom is -0.349 e. The highest BCUT2D eigenvalue weighted by atomic mass is 35.5. The average molecular weight is 323 g/mol. The zero-order valence-electron chi connectivity index (χ0n) is 11.1. The van der Waals surface area contributed by atoms with E-state index in [9.17, 15) is 4.79 Å². The molecule has 1 amide bonds. The number of carbonyl (C=O) groups is 1. The molecule has 1 fully saturated rings. The molecule has 1 saturated carbocycles. The molecular formula is C13H20Cl2N2OS. The molecule has 6 heteroatoms. The first-order valence-corrected chi connectivity index (χ1v) is 7.43. The van der Waals surface area contributed by atoms with Crippen molar-refractivity contribution in [3.63, 3.8) is 0 Å². The zero-order valence-corrected chi connectivity index (χ0v) is 13.5. The number of halogens is 2. The van der Waals surface area contributed by atoms with Gasteiger partial charge in [-0.3, -0.25) is 4.79 Å². The molecule has 19 heavy (non-hydrogen) atoms. The molecule has 0 aromatic carbocycles. The van der Waals surface area contributed by atoms with E-state index < -0.39 is 0 Å². The lowest BCUT2D eigenvalue weighted by atomic mass is 9.94. The number of hydrogen-bond acceptors (Lipinski definition) is 3. The smallest absolute Gasteiger partial charge is 0.228 e. The molecule has 1 aliphatic rings. The van der Waals surface area contributed by atoms with Crippen LogP contribution in [-0.2, 0) is 4.79 Å². The van der Waals surface area contributed by atoms with Crippen LogP contribution in [0.1, 0.15) is 37.5 Å². The summed E-state index contributed by atoms with van der Waals surface area (Å²) in [5.41, 5.74) is 5.55. The monoisotopic (exact) mass is 322 g/mol. The molecule has 108 valence electrons. The van der Waals surface area contributed by atoms with Gasteiger partial charge in [-0.1, -0.05) is 11.6 Å². The lowest BCUT2D eigenvalue weighted by Gasteiger charge is -2.30. The van der Waals surface area contributed by atoms with E-state index in [1.54, 1.807) is 0 Å². The molecular weight excluding hydrogens is 303 g/mol. The fourth-order valence-corrected chi connectivity index (χ4v) is 3.23. The van der Waals surface area contributed by atoms with Gasteiger partial charge in [-0.25, -0.2) is 0 Å². The Balaban J connectivity index is 0.00000180. The molecule has 2 unspecified atom stereocenters. The van der Waals surface area contributed by atoms with Crippen molar-refractivity contribution in [1.29, 1.82) is 0 Å². The zero-order chi connectivity index (χ0) is 13.3. The van der Waals surface area contributed by atoms with Gasteiger partial charge in [0.1, 0.15) is 0 Å². The molecule has 2 rings (SSSR count). The number of nitrogens with one attached hydrogen (secondary N) is 1. The van der Waals surface area contributed by atoms with Gasteiger partial charge in [-0.15, -0.1) is 23.7 Å². The molecule has 0 bridgehead atoms. The molecule has 0 aliphatic heterocycles. The fraction of sp³-hybridized carbons (Fsp3) is 0.615. The van der Waals surface area contributed by atoms with Gasteiger partial charge in [0, 0.05) is 11.4 Å². The third-order valence-electron chi connectivity index (χ3n) is 3.73. The molecule has 1 aliphatic carbocycles. The summed E-state index contributed by atoms with van der Waals surface area (Å²) in [7, 11) is 0. The van der Waals surface area contributed by atoms with Crippen LogP contribution in [-0.4, -0.2) is 18.0 Å². The maximum absolute atomic E-state index is 12.3. The highest BCUT2D eigenvalue weighted by Gasteiger charge is 2.42. The Morgan fingerprint density at radius 3 is 2.68 bits per heavy atom. The van der Waals surface area contributed by atoms with Gasteiger partial charge >= 0.3 is 0 Å². The highest BCUT2D eigenvalue weighted by molar-refractivity contribution is 7.16. The minimum absolute atomic E-state index is 0. The van der Waals surface area contributed by atoms with E-state index >= 15 is 0 Å². The lowest BCUT2D eigenvalue weighted by Crippen LogP contribution is -2.54. The van der Waals surface area contributed by atoms with Gasteiger partial charge in [0.2, 0.25) is 5.91 Å². The largest absolute Gasteiger partial charge is 0.349 e. The van der Waals surface area contributed by atoms with Gasteiger partial charge in [-0.2, -0.15) is 0 Å². The van der Waals surface area contributed by atoms with Crippen molar-refractivity contribution in [2.24, 2.45) is 11.7 Å². The van der Waals surface area contributed by atoms with E-state index in [1.807, 2.05) is 26.0 Å². The molecule has 1 aromatic rings. The third-order valence-corrected chi connectivity index (χ3v) is 5.14. The van der Waals surface area contributed by atoms with E-state index in [1.165, 1.54) is 11.3 Å². The van der Waals surface area contributed by atoms with Gasteiger partial charge in [0.25, 0.3) is 0 Å². The summed E-state index contributed by atoms with van der Waals surface area (Å²) in [5.74, 6) is 0.395. The Kier molecular flexibility index (Phi) is 5.68. The number of rotatable bonds is 5. The number of thiophene rings is 1. The summed E-state index contributed by atoms with van der Waals surface area (Å²) < 4.78 is 0.716. The Hall–Kier alpha value is -0.290. The first-order chi connectivity index (χ1) is 8.46. The Bertz CT molecular complexity index is 448. The maximum Gasteiger partial charge on any atom is 0.228 e. The van der Waals surface area contributed by atoms with Crippen molar-refractivity contribution >= 4 is 41.3 Å². The molecule has 0 spiro atoms. The van der Waals surface area contributed by atoms with Crippen molar-refractivity contribution in [3.05, 3.63) is 21.3 Å². The van der Waals surface area contributed by atoms with E-state index in [0.717, 1.165) is 17.7 Å². The topological polar surface area (TPSA) is 55.1 Å². The van der Waals surface area contributed by atoms with E-state index in [2.05, 4.69) is 5.32 Å². The molecule has 1 aromatic heterocycles. The van der Waals surface area contributed by atoms with Crippen LogP contribution in [0.25, 0.3) is 0 Å². The number of nitrogens with two attached hydrogens (primary N) is 1. The van der Waals surface area contributed by atoms with Crippen LogP contribution < -0.4 is 11.1 Å². The van der Waals surface area contributed by atoms with Crippen molar-refractivity contribution in [1.82, 2.24) is 5.32 Å². The van der Waals surface area contributed by atoms with Crippen LogP contribution in [0.3, 0.4) is 0 Å². The predicted octanol–water partition coefficient (Wildman–Crippen LogP) is 3.17. The SMILES string of the molecule is CC(C(=O)NC(C)(CN)C1CC1)c1ccc(Cl)s1.Cl. The second-order valence-corrected chi connectivity index (χ2v) is 7.00. The van der Waals surface area contributed by atoms with Crippen LogP contribution >= 0.6 is 35.3 Å². The van der Waals surface area contributed by atoms with Gasteiger partial charge in [0.05, 0.1) is 15.8 Å². The van der Waals surface area contributed by atoms with E-state index in [-0.39, 0.29) is 29.8 Å². The Morgan fingerprint density at radius 2 is 2.26 bits per heavy atom. The number of hydrogen-bond donors (Lipinski definition) is 2. The molecule has 0 radical (unpaired) electrons. The predicted molar refractivity (Wildman–Crippen MR) is 83.3 cm³/mol. The summed E-state index contributed by atoms with van der Waals surface area (Å²) in [6, 6.07) is 3.74. The van der Waals surface area contributed by atoms with Crippen molar-refractivity contribution in [2.75, 3.05) is 6.54 Å². The minimum atomic E-state index is -0.258. The summed E-state index contributed by atoms with van der Waals surface area (Å²) in [6.45, 7) is 4.43. The average Bonchev–Trinajstić information content (AvgIpc) is 3.11. The van der Waals surface area contributed by atoms with Crippen LogP contribution in [0.4, 0.5) is 0 Å². The standard InChI is InChI=1S/C13H19ClN2OS.ClH/c1-8(10-5-6-11(14)18-10)12(17)16-13(2,7-15)9-3-4-9;/h5-6,8-9H,3-4,7,15H2,1-2H3,(H,16,17);1H. The normalized spacial score (nSPS) is 19.2. The first-order valence-electron chi connectivity index (χ1n) is 6.23. The molecule has 3 N–H and O–H groups in total. The summed E-state index contributed by atoms with van der Waals surface area (Å²) in [6.07, 6.45) is 2.32. The van der Waals surface area contributed by atoms with Crippen molar-refractivity contribution in [2.45, 2.75) is 38.1 Å². The lowest BCUT2D eigenvalue weighted by molar-refractivity contribution is -0.124. The second kappa shape index (κ2) is 6.44. The molecule has 2 atom stereocenters. The van der Waals surface area contributed by atoms with Crippen LogP contribution in [0.5, 0.6) is 0 Å². The number of amides is 1. The molecule has 3 nitrogen and oxygen atoms in total. The third kappa shape index (κ3) is 3.85. The van der Waals surface area contributed by atoms with Gasteiger partial charge in [-0.05, 0) is 44.7 Å². The quantitative estimate of drug-likeness (QED) is 0.874. The van der Waals surface area contributed by atoms with Crippen LogP contribution in [0.15, 0.2) is 12.1 Å². The number of carbonyl (C=O) groups excluding carboxylic acids is 1. The van der Waals surface area contributed by atoms with Crippen molar-refractivity contribution in [3.8, 4) is 0 Å². The second-order valence-electron chi connectivity index (χ2n) is 5.25. The van der Waals surface area contributed by atoms with Crippen LogP contribution in [0, 0.1) is 5.92 Å². The van der Waals surface area contributed by atoms with Gasteiger partial charge in [0.15, 0.2) is 0 Å². The Morgan fingerprint density at radius 1 is 1.63 bits per heavy atom.